The van der Waals surface area contributed by atoms with Crippen LogP contribution in [0.15, 0.2) is 46.8 Å². The van der Waals surface area contributed by atoms with Gasteiger partial charge in [-0.15, -0.1) is 0 Å². The normalized spacial score (nSPS) is 14.8. The summed E-state index contributed by atoms with van der Waals surface area (Å²) in [5, 5.41) is 11.0. The van der Waals surface area contributed by atoms with Crippen molar-refractivity contribution in [2.75, 3.05) is 5.43 Å². The Balaban J connectivity index is 2.70. The third-order valence-corrected chi connectivity index (χ3v) is 6.32. The Hall–Kier alpha value is -3.00. The smallest absolute Gasteiger partial charge is 0.158 e. The van der Waals surface area contributed by atoms with Crippen LogP contribution >= 0.6 is 12.2 Å². The fourth-order valence-electron chi connectivity index (χ4n) is 4.42. The van der Waals surface area contributed by atoms with Crippen LogP contribution in [0.25, 0.3) is 5.70 Å². The first-order valence-corrected chi connectivity index (χ1v) is 13.1. The number of hydrogen-bond acceptors (Lipinski definition) is 6. The van der Waals surface area contributed by atoms with Gasteiger partial charge in [-0.3, -0.25) is 10.2 Å². The van der Waals surface area contributed by atoms with Gasteiger partial charge >= 0.3 is 0 Å². The molecule has 7 nitrogen and oxygen atoms in total. The Morgan fingerprint density at radius 3 is 2.47 bits per heavy atom. The number of Topliss-reactive ketones (excluding diaryl/α,β-unsaturated/α-hetero) is 1. The summed E-state index contributed by atoms with van der Waals surface area (Å²) in [5.41, 5.74) is 5.92. The highest BCUT2D eigenvalue weighted by Crippen LogP contribution is 2.30. The molecule has 0 saturated heterocycles. The van der Waals surface area contributed by atoms with Gasteiger partial charge in [-0.1, -0.05) is 45.6 Å². The maximum atomic E-state index is 13.1. The number of carbonyl (C=O) groups is 1. The first-order valence-electron chi connectivity index (χ1n) is 12.7. The number of aromatic nitrogens is 2. The summed E-state index contributed by atoms with van der Waals surface area (Å²) in [6.07, 6.45) is 9.12. The number of aliphatic hydroxyl groups excluding tert-OH is 1. The Morgan fingerprint density at radius 1 is 1.28 bits per heavy atom. The number of rotatable bonds is 11. The number of aliphatic hydroxyl groups is 1. The SMILES string of the molecule is C=C1N=C(C(=C/C(=C/CC)N(C(C)=S)C(C)(C)C(=O)CCC)/C(O)=C\C)Nn2c(CCC)nc(C)c21. The summed E-state index contributed by atoms with van der Waals surface area (Å²) in [6, 6.07) is 0. The lowest BCUT2D eigenvalue weighted by Crippen LogP contribution is -2.51. The van der Waals surface area contributed by atoms with Crippen LogP contribution in [0.4, 0.5) is 0 Å². The van der Waals surface area contributed by atoms with E-state index in [-0.39, 0.29) is 11.5 Å². The molecule has 0 spiro atoms. The van der Waals surface area contributed by atoms with Gasteiger partial charge in [-0.2, -0.15) is 0 Å². The van der Waals surface area contributed by atoms with Crippen molar-refractivity contribution in [3.05, 3.63) is 59.0 Å². The Morgan fingerprint density at radius 2 is 1.94 bits per heavy atom. The Kier molecular flexibility index (Phi) is 9.99. The van der Waals surface area contributed by atoms with Crippen LogP contribution in [-0.4, -0.2) is 41.8 Å². The minimum Gasteiger partial charge on any atom is -0.508 e. The molecule has 0 fully saturated rings. The molecule has 0 aliphatic carbocycles. The van der Waals surface area contributed by atoms with Crippen LogP contribution in [0.5, 0.6) is 0 Å². The first-order chi connectivity index (χ1) is 16.9. The number of allylic oxidation sites excluding steroid dienone is 3. The number of aliphatic imine (C=N–C) groups is 1. The van der Waals surface area contributed by atoms with Gasteiger partial charge in [0.1, 0.15) is 17.3 Å². The minimum absolute atomic E-state index is 0.0491. The van der Waals surface area contributed by atoms with E-state index in [1.807, 2.05) is 63.3 Å². The molecule has 2 rings (SSSR count). The van der Waals surface area contributed by atoms with Crippen LogP contribution in [-0.2, 0) is 11.2 Å². The van der Waals surface area contributed by atoms with Crippen molar-refractivity contribution in [1.29, 1.82) is 0 Å². The van der Waals surface area contributed by atoms with Crippen molar-refractivity contribution in [1.82, 2.24) is 14.6 Å². The van der Waals surface area contributed by atoms with Gasteiger partial charge in [-0.25, -0.2) is 14.7 Å². The Labute approximate surface area is 221 Å². The van der Waals surface area contributed by atoms with E-state index in [0.717, 1.165) is 42.2 Å². The number of hydrogen-bond donors (Lipinski definition) is 2. The van der Waals surface area contributed by atoms with Crippen molar-refractivity contribution in [2.45, 2.75) is 93.0 Å². The lowest BCUT2D eigenvalue weighted by molar-refractivity contribution is -0.126. The molecule has 1 aromatic rings. The number of thiocarbonyl (C=S) groups is 1. The van der Waals surface area contributed by atoms with E-state index < -0.39 is 5.54 Å². The molecule has 2 N–H and O–H groups in total. The monoisotopic (exact) mass is 511 g/mol. The van der Waals surface area contributed by atoms with Gasteiger partial charge in [0, 0.05) is 18.5 Å². The average molecular weight is 512 g/mol. The molecule has 1 aromatic heterocycles. The molecule has 0 atom stereocenters. The molecule has 1 aliphatic heterocycles. The van der Waals surface area contributed by atoms with Crippen molar-refractivity contribution in [3.8, 4) is 0 Å². The molecule has 8 heteroatoms. The topological polar surface area (TPSA) is 82.8 Å². The van der Waals surface area contributed by atoms with Gasteiger partial charge < -0.3 is 10.0 Å². The molecular weight excluding hydrogens is 470 g/mol. The summed E-state index contributed by atoms with van der Waals surface area (Å²) in [6.45, 7) is 19.6. The maximum Gasteiger partial charge on any atom is 0.158 e. The fourth-order valence-corrected chi connectivity index (χ4v) is 4.76. The molecule has 196 valence electrons. The predicted octanol–water partition coefficient (Wildman–Crippen LogP) is 6.55. The molecule has 0 aromatic carbocycles. The zero-order chi connectivity index (χ0) is 27.2. The van der Waals surface area contributed by atoms with Gasteiger partial charge in [0.25, 0.3) is 0 Å². The lowest BCUT2D eigenvalue weighted by Gasteiger charge is -2.39. The summed E-state index contributed by atoms with van der Waals surface area (Å²) in [7, 11) is 0. The van der Waals surface area contributed by atoms with Crippen LogP contribution in [0.2, 0.25) is 0 Å². The second kappa shape index (κ2) is 12.3. The van der Waals surface area contributed by atoms with Crippen LogP contribution < -0.4 is 5.43 Å². The highest BCUT2D eigenvalue weighted by atomic mass is 32.1. The molecule has 1 aliphatic rings. The lowest BCUT2D eigenvalue weighted by atomic mass is 9.92. The minimum atomic E-state index is -0.857. The number of carbonyl (C=O) groups excluding carboxylic acids is 1. The number of imidazole rings is 1. The third kappa shape index (κ3) is 6.03. The molecule has 0 bridgehead atoms. The molecule has 0 radical (unpaired) electrons. The Bertz CT molecular complexity index is 1150. The van der Waals surface area contributed by atoms with E-state index in [1.54, 1.807) is 13.0 Å². The number of fused-ring (bicyclic) bond motifs is 1. The summed E-state index contributed by atoms with van der Waals surface area (Å²) in [4.78, 5) is 25.0. The second-order valence-electron chi connectivity index (χ2n) is 9.42. The average Bonchev–Trinajstić information content (AvgIpc) is 3.12. The first kappa shape index (κ1) is 29.2. The van der Waals surface area contributed by atoms with Crippen molar-refractivity contribution in [2.24, 2.45) is 4.99 Å². The second-order valence-corrected chi connectivity index (χ2v) is 10.0. The van der Waals surface area contributed by atoms with Crippen LogP contribution in [0.1, 0.15) is 91.4 Å². The predicted molar refractivity (Wildman–Crippen MR) is 154 cm³/mol. The van der Waals surface area contributed by atoms with Crippen LogP contribution in [0, 0.1) is 6.92 Å². The largest absolute Gasteiger partial charge is 0.508 e. The standard InChI is InChI=1S/C28H41N5O2S/c1-10-14-21(32(20(7)36)28(8,9)24(35)15-11-2)17-22(23(34)13-4)27-30-19(6)26-18(5)29-25(16-12-3)33(26)31-27/h13-14,17,34H,6,10-12,15-16H2,1-5,7-9H3,(H,30,31)/b21-14-,22-17+,23-13+. The van der Waals surface area contributed by atoms with Crippen molar-refractivity contribution >= 4 is 34.5 Å². The van der Waals surface area contributed by atoms with E-state index in [4.69, 9.17) is 22.2 Å². The van der Waals surface area contributed by atoms with Crippen molar-refractivity contribution in [3.63, 3.8) is 0 Å². The highest BCUT2D eigenvalue weighted by Gasteiger charge is 2.36. The van der Waals surface area contributed by atoms with E-state index in [9.17, 15) is 9.90 Å². The van der Waals surface area contributed by atoms with Gasteiger partial charge in [0.15, 0.2) is 11.6 Å². The van der Waals surface area contributed by atoms with E-state index in [0.29, 0.717) is 34.9 Å². The maximum absolute atomic E-state index is 13.1. The molecule has 0 saturated carbocycles. The molecular formula is C28H41N5O2S. The number of aryl methyl sites for hydroxylation is 2. The van der Waals surface area contributed by atoms with E-state index in [1.165, 1.54) is 0 Å². The summed E-state index contributed by atoms with van der Waals surface area (Å²) in [5.74, 6) is 1.48. The quantitative estimate of drug-likeness (QED) is 0.199. The molecule has 36 heavy (non-hydrogen) atoms. The summed E-state index contributed by atoms with van der Waals surface area (Å²) < 4.78 is 1.90. The van der Waals surface area contributed by atoms with Gasteiger partial charge in [-0.05, 0) is 66.0 Å². The van der Waals surface area contributed by atoms with E-state index in [2.05, 4.69) is 18.9 Å². The zero-order valence-corrected chi connectivity index (χ0v) is 23.8. The summed E-state index contributed by atoms with van der Waals surface area (Å²) >= 11 is 5.64. The number of amidine groups is 1. The third-order valence-electron chi connectivity index (χ3n) is 6.13. The molecule has 0 amide bonds. The fraction of sp³-hybridized carbons (Fsp3) is 0.500. The highest BCUT2D eigenvalue weighted by molar-refractivity contribution is 7.80. The molecule has 0 unspecified atom stereocenters. The number of nitrogens with one attached hydrogen (secondary N) is 1. The molecule has 2 heterocycles. The van der Waals surface area contributed by atoms with E-state index >= 15 is 0 Å². The number of ketones is 1. The van der Waals surface area contributed by atoms with Crippen molar-refractivity contribution < 1.29 is 9.90 Å². The van der Waals surface area contributed by atoms with Gasteiger partial charge in [0.2, 0.25) is 0 Å². The van der Waals surface area contributed by atoms with Gasteiger partial charge in [0.05, 0.1) is 27.5 Å². The zero-order valence-electron chi connectivity index (χ0n) is 23.0. The van der Waals surface area contributed by atoms with Crippen LogP contribution in [0.3, 0.4) is 0 Å². The number of nitrogens with zero attached hydrogens (tertiary/aromatic N) is 4.